The van der Waals surface area contributed by atoms with Gasteiger partial charge >= 0.3 is 0 Å². The molecule has 0 saturated heterocycles. The van der Waals surface area contributed by atoms with Crippen molar-refractivity contribution in [3.63, 3.8) is 0 Å². The summed E-state index contributed by atoms with van der Waals surface area (Å²) in [6, 6.07) is 20.1. The maximum absolute atomic E-state index is 13.3. The van der Waals surface area contributed by atoms with Crippen LogP contribution in [0, 0.1) is 0 Å². The lowest BCUT2D eigenvalue weighted by Crippen LogP contribution is -2.42. The highest BCUT2D eigenvalue weighted by Crippen LogP contribution is 2.33. The van der Waals surface area contributed by atoms with Crippen LogP contribution in [-0.4, -0.2) is 36.1 Å². The Kier molecular flexibility index (Phi) is 4.81. The standard InChI is InChI=1S/C22H22N2O3S/c1-2-28(26,27)19-12-10-18(11-13-19)22(25)24-16-15-23-14-6-9-20(23)21(24)17-7-4-3-5-8-17/h3-14,21H,2,15-16H2,1H3. The highest BCUT2D eigenvalue weighted by molar-refractivity contribution is 7.91. The number of fused-ring (bicyclic) bond motifs is 1. The molecule has 5 nitrogen and oxygen atoms in total. The first-order chi connectivity index (χ1) is 13.5. The Morgan fingerprint density at radius 1 is 0.964 bits per heavy atom. The average Bonchev–Trinajstić information content (AvgIpc) is 3.22. The van der Waals surface area contributed by atoms with Crippen molar-refractivity contribution >= 4 is 15.7 Å². The molecule has 2 aromatic carbocycles. The Hall–Kier alpha value is -2.86. The van der Waals surface area contributed by atoms with Gasteiger partial charge in [0.1, 0.15) is 0 Å². The van der Waals surface area contributed by atoms with E-state index in [0.717, 1.165) is 17.8 Å². The molecule has 1 amide bonds. The van der Waals surface area contributed by atoms with Gasteiger partial charge in [0.25, 0.3) is 5.91 Å². The number of hydrogen-bond donors (Lipinski definition) is 0. The fraction of sp³-hybridized carbons (Fsp3) is 0.227. The first-order valence-electron chi connectivity index (χ1n) is 9.35. The number of nitrogens with zero attached hydrogens (tertiary/aromatic N) is 2. The summed E-state index contributed by atoms with van der Waals surface area (Å²) in [6.07, 6.45) is 2.04. The molecule has 1 aliphatic rings. The Balaban J connectivity index is 1.70. The molecule has 2 heterocycles. The average molecular weight is 394 g/mol. The summed E-state index contributed by atoms with van der Waals surface area (Å²) in [5, 5.41) is 0. The molecule has 4 rings (SSSR count). The molecule has 0 N–H and O–H groups in total. The van der Waals surface area contributed by atoms with Crippen molar-refractivity contribution in [2.24, 2.45) is 0 Å². The van der Waals surface area contributed by atoms with Crippen molar-refractivity contribution < 1.29 is 13.2 Å². The van der Waals surface area contributed by atoms with Gasteiger partial charge in [-0.3, -0.25) is 4.79 Å². The largest absolute Gasteiger partial charge is 0.348 e. The molecule has 144 valence electrons. The van der Waals surface area contributed by atoms with Gasteiger partial charge in [0.2, 0.25) is 0 Å². The van der Waals surface area contributed by atoms with Crippen molar-refractivity contribution in [2.75, 3.05) is 12.3 Å². The van der Waals surface area contributed by atoms with E-state index >= 15 is 0 Å². The zero-order chi connectivity index (χ0) is 19.7. The van der Waals surface area contributed by atoms with E-state index in [1.54, 1.807) is 19.1 Å². The van der Waals surface area contributed by atoms with Crippen LogP contribution in [0.15, 0.2) is 77.8 Å². The van der Waals surface area contributed by atoms with Crippen LogP contribution < -0.4 is 0 Å². The molecule has 6 heteroatoms. The maximum Gasteiger partial charge on any atom is 0.254 e. The number of aromatic nitrogens is 1. The third kappa shape index (κ3) is 3.24. The molecule has 3 aromatic rings. The van der Waals surface area contributed by atoms with Gasteiger partial charge in [0.15, 0.2) is 9.84 Å². The lowest BCUT2D eigenvalue weighted by molar-refractivity contribution is 0.0664. The second kappa shape index (κ2) is 7.28. The summed E-state index contributed by atoms with van der Waals surface area (Å²) in [5.74, 6) is -0.0544. The lowest BCUT2D eigenvalue weighted by Gasteiger charge is -2.37. The Labute approximate surface area is 165 Å². The molecule has 0 aliphatic carbocycles. The molecular weight excluding hydrogens is 372 g/mol. The second-order valence-electron chi connectivity index (χ2n) is 6.87. The molecule has 0 fully saturated rings. The van der Waals surface area contributed by atoms with Crippen LogP contribution in [0.5, 0.6) is 0 Å². The molecule has 0 radical (unpaired) electrons. The minimum Gasteiger partial charge on any atom is -0.348 e. The summed E-state index contributed by atoms with van der Waals surface area (Å²) < 4.78 is 26.2. The lowest BCUT2D eigenvalue weighted by atomic mass is 9.99. The maximum atomic E-state index is 13.3. The van der Waals surface area contributed by atoms with E-state index in [4.69, 9.17) is 0 Å². The minimum absolute atomic E-state index is 0.0412. The summed E-state index contributed by atoms with van der Waals surface area (Å²) in [7, 11) is -3.28. The van der Waals surface area contributed by atoms with E-state index in [1.165, 1.54) is 12.1 Å². The fourth-order valence-electron chi connectivity index (χ4n) is 3.73. The molecule has 28 heavy (non-hydrogen) atoms. The van der Waals surface area contributed by atoms with Gasteiger partial charge in [-0.05, 0) is 42.0 Å². The number of hydrogen-bond acceptors (Lipinski definition) is 3. The predicted molar refractivity (Wildman–Crippen MR) is 108 cm³/mol. The minimum atomic E-state index is -3.28. The number of amides is 1. The van der Waals surface area contributed by atoms with Crippen LogP contribution in [0.1, 0.15) is 34.6 Å². The van der Waals surface area contributed by atoms with E-state index in [-0.39, 0.29) is 22.6 Å². The Morgan fingerprint density at radius 3 is 2.36 bits per heavy atom. The summed E-state index contributed by atoms with van der Waals surface area (Å²) >= 11 is 0. The molecular formula is C22H22N2O3S. The first-order valence-corrected chi connectivity index (χ1v) is 11.0. The van der Waals surface area contributed by atoms with Gasteiger partial charge in [0, 0.05) is 30.5 Å². The molecule has 1 unspecified atom stereocenters. The number of sulfone groups is 1. The number of benzene rings is 2. The molecule has 0 spiro atoms. The van der Waals surface area contributed by atoms with Gasteiger partial charge in [-0.15, -0.1) is 0 Å². The first kappa shape index (κ1) is 18.5. The summed E-state index contributed by atoms with van der Waals surface area (Å²) in [5.41, 5.74) is 2.63. The molecule has 1 aliphatic heterocycles. The topological polar surface area (TPSA) is 59.4 Å². The van der Waals surface area contributed by atoms with Crippen molar-refractivity contribution in [1.29, 1.82) is 0 Å². The predicted octanol–water partition coefficient (Wildman–Crippen LogP) is 3.53. The van der Waals surface area contributed by atoms with E-state index in [2.05, 4.69) is 4.57 Å². The van der Waals surface area contributed by atoms with E-state index in [9.17, 15) is 13.2 Å². The highest BCUT2D eigenvalue weighted by atomic mass is 32.2. The SMILES string of the molecule is CCS(=O)(=O)c1ccc(C(=O)N2CCn3cccc3C2c2ccccc2)cc1. The van der Waals surface area contributed by atoms with Crippen LogP contribution in [0.4, 0.5) is 0 Å². The number of rotatable bonds is 4. The van der Waals surface area contributed by atoms with Crippen LogP contribution >= 0.6 is 0 Å². The van der Waals surface area contributed by atoms with Gasteiger partial charge in [-0.2, -0.15) is 0 Å². The van der Waals surface area contributed by atoms with Crippen LogP contribution in [0.25, 0.3) is 0 Å². The monoisotopic (exact) mass is 394 g/mol. The Morgan fingerprint density at radius 2 is 1.68 bits per heavy atom. The van der Waals surface area contributed by atoms with Gasteiger partial charge < -0.3 is 9.47 Å². The summed E-state index contributed by atoms with van der Waals surface area (Å²) in [6.45, 7) is 2.94. The smallest absolute Gasteiger partial charge is 0.254 e. The van der Waals surface area contributed by atoms with Gasteiger partial charge in [0.05, 0.1) is 16.7 Å². The number of carbonyl (C=O) groups excluding carboxylic acids is 1. The van der Waals surface area contributed by atoms with Crippen molar-refractivity contribution in [3.05, 3.63) is 89.7 Å². The van der Waals surface area contributed by atoms with E-state index in [0.29, 0.717) is 12.1 Å². The highest BCUT2D eigenvalue weighted by Gasteiger charge is 2.32. The van der Waals surface area contributed by atoms with Gasteiger partial charge in [-0.1, -0.05) is 37.3 Å². The number of carbonyl (C=O) groups is 1. The normalized spacial score (nSPS) is 16.6. The molecule has 1 atom stereocenters. The van der Waals surface area contributed by atoms with Gasteiger partial charge in [-0.25, -0.2) is 8.42 Å². The quantitative estimate of drug-likeness (QED) is 0.680. The Bertz CT molecular complexity index is 1090. The van der Waals surface area contributed by atoms with Crippen molar-refractivity contribution in [3.8, 4) is 0 Å². The molecule has 0 saturated carbocycles. The van der Waals surface area contributed by atoms with E-state index in [1.807, 2.05) is 53.6 Å². The zero-order valence-corrected chi connectivity index (χ0v) is 16.5. The van der Waals surface area contributed by atoms with Crippen molar-refractivity contribution in [2.45, 2.75) is 24.4 Å². The van der Waals surface area contributed by atoms with Crippen LogP contribution in [-0.2, 0) is 16.4 Å². The second-order valence-corrected chi connectivity index (χ2v) is 9.14. The zero-order valence-electron chi connectivity index (χ0n) is 15.7. The fourth-order valence-corrected chi connectivity index (χ4v) is 4.61. The third-order valence-electron chi connectivity index (χ3n) is 5.25. The molecule has 1 aromatic heterocycles. The third-order valence-corrected chi connectivity index (χ3v) is 7.01. The van der Waals surface area contributed by atoms with Crippen LogP contribution in [0.3, 0.4) is 0 Å². The van der Waals surface area contributed by atoms with E-state index < -0.39 is 9.84 Å². The van der Waals surface area contributed by atoms with Crippen molar-refractivity contribution in [1.82, 2.24) is 9.47 Å². The summed E-state index contributed by atoms with van der Waals surface area (Å²) in [4.78, 5) is 15.4. The van der Waals surface area contributed by atoms with Crippen LogP contribution in [0.2, 0.25) is 0 Å². The molecule has 0 bridgehead atoms.